The topological polar surface area (TPSA) is 75.2 Å². The van der Waals surface area contributed by atoms with Crippen molar-refractivity contribution in [1.82, 2.24) is 20.2 Å². The SMILES string of the molecule is CN(CCc1ccncc1)C(=O)CC(=O)NCc1ccncc1. The second-order valence-electron chi connectivity index (χ2n) is 5.23. The molecule has 0 unspecified atom stereocenters. The molecule has 2 aromatic heterocycles. The first-order valence-electron chi connectivity index (χ1n) is 7.43. The van der Waals surface area contributed by atoms with Crippen LogP contribution < -0.4 is 5.32 Å². The summed E-state index contributed by atoms with van der Waals surface area (Å²) in [6.45, 7) is 0.968. The van der Waals surface area contributed by atoms with Gasteiger partial charge in [0.25, 0.3) is 0 Å². The predicted molar refractivity (Wildman–Crippen MR) is 86.3 cm³/mol. The third kappa shape index (κ3) is 5.86. The summed E-state index contributed by atoms with van der Waals surface area (Å²) in [5.74, 6) is -0.464. The Morgan fingerprint density at radius 1 is 1.00 bits per heavy atom. The zero-order valence-corrected chi connectivity index (χ0v) is 13.1. The monoisotopic (exact) mass is 312 g/mol. The molecule has 0 aromatic carbocycles. The van der Waals surface area contributed by atoms with E-state index < -0.39 is 0 Å². The van der Waals surface area contributed by atoms with Gasteiger partial charge in [0, 0.05) is 44.9 Å². The van der Waals surface area contributed by atoms with Gasteiger partial charge in [0.15, 0.2) is 0 Å². The molecular formula is C17H20N4O2. The molecule has 2 amide bonds. The summed E-state index contributed by atoms with van der Waals surface area (Å²) < 4.78 is 0. The highest BCUT2D eigenvalue weighted by atomic mass is 16.2. The van der Waals surface area contributed by atoms with Gasteiger partial charge in [0.1, 0.15) is 6.42 Å². The van der Waals surface area contributed by atoms with E-state index in [0.29, 0.717) is 13.1 Å². The minimum Gasteiger partial charge on any atom is -0.352 e. The maximum Gasteiger partial charge on any atom is 0.231 e. The average Bonchev–Trinajstić information content (AvgIpc) is 2.59. The maximum atomic E-state index is 12.0. The minimum absolute atomic E-state index is 0.141. The molecule has 6 heteroatoms. The highest BCUT2D eigenvalue weighted by Gasteiger charge is 2.13. The molecule has 0 fully saturated rings. The number of aromatic nitrogens is 2. The highest BCUT2D eigenvalue weighted by Crippen LogP contribution is 2.01. The molecule has 23 heavy (non-hydrogen) atoms. The van der Waals surface area contributed by atoms with Crippen LogP contribution in [-0.2, 0) is 22.6 Å². The molecule has 0 aliphatic heterocycles. The van der Waals surface area contributed by atoms with Gasteiger partial charge in [-0.3, -0.25) is 19.6 Å². The molecule has 2 aromatic rings. The molecule has 0 aliphatic rings. The molecule has 0 spiro atoms. The van der Waals surface area contributed by atoms with Gasteiger partial charge in [-0.25, -0.2) is 0 Å². The largest absolute Gasteiger partial charge is 0.352 e. The van der Waals surface area contributed by atoms with E-state index in [1.807, 2.05) is 24.3 Å². The standard InChI is InChI=1S/C17H20N4O2/c1-21(11-6-14-2-7-18-8-3-14)17(23)12-16(22)20-13-15-4-9-19-10-5-15/h2-5,7-10H,6,11-13H2,1H3,(H,20,22). The van der Waals surface area contributed by atoms with Crippen molar-refractivity contribution in [2.24, 2.45) is 0 Å². The lowest BCUT2D eigenvalue weighted by Gasteiger charge is -2.17. The van der Waals surface area contributed by atoms with E-state index in [4.69, 9.17) is 0 Å². The summed E-state index contributed by atoms with van der Waals surface area (Å²) in [5, 5.41) is 2.74. The Hall–Kier alpha value is -2.76. The lowest BCUT2D eigenvalue weighted by molar-refractivity contribution is -0.135. The summed E-state index contributed by atoms with van der Waals surface area (Å²) in [4.78, 5) is 33.3. The van der Waals surface area contributed by atoms with Crippen LogP contribution in [-0.4, -0.2) is 40.3 Å². The molecule has 0 aliphatic carbocycles. The number of likely N-dealkylation sites (N-methyl/N-ethyl adjacent to an activating group) is 1. The Balaban J connectivity index is 1.71. The summed E-state index contributed by atoms with van der Waals surface area (Å²) >= 11 is 0. The molecular weight excluding hydrogens is 292 g/mol. The lowest BCUT2D eigenvalue weighted by Crippen LogP contribution is -2.34. The van der Waals surface area contributed by atoms with Crippen molar-refractivity contribution in [3.63, 3.8) is 0 Å². The van der Waals surface area contributed by atoms with E-state index in [1.54, 1.807) is 36.7 Å². The van der Waals surface area contributed by atoms with Crippen LogP contribution in [0.5, 0.6) is 0 Å². The molecule has 0 atom stereocenters. The van der Waals surface area contributed by atoms with E-state index in [2.05, 4.69) is 15.3 Å². The van der Waals surface area contributed by atoms with Crippen molar-refractivity contribution in [2.75, 3.05) is 13.6 Å². The van der Waals surface area contributed by atoms with Gasteiger partial charge in [-0.15, -0.1) is 0 Å². The number of rotatable bonds is 7. The fourth-order valence-corrected chi connectivity index (χ4v) is 2.01. The van der Waals surface area contributed by atoms with Gasteiger partial charge < -0.3 is 10.2 Å². The highest BCUT2D eigenvalue weighted by molar-refractivity contribution is 5.96. The first kappa shape index (κ1) is 16.6. The quantitative estimate of drug-likeness (QED) is 0.779. The first-order chi connectivity index (χ1) is 11.1. The zero-order chi connectivity index (χ0) is 16.5. The van der Waals surface area contributed by atoms with Crippen molar-refractivity contribution in [3.05, 3.63) is 60.2 Å². The number of nitrogens with one attached hydrogen (secondary N) is 1. The fourth-order valence-electron chi connectivity index (χ4n) is 2.01. The second-order valence-corrected chi connectivity index (χ2v) is 5.23. The summed E-state index contributed by atoms with van der Waals surface area (Å²) in [6.07, 6.45) is 7.38. The number of nitrogens with zero attached hydrogens (tertiary/aromatic N) is 3. The van der Waals surface area contributed by atoms with E-state index in [-0.39, 0.29) is 18.2 Å². The van der Waals surface area contributed by atoms with Gasteiger partial charge in [0.2, 0.25) is 11.8 Å². The normalized spacial score (nSPS) is 10.1. The van der Waals surface area contributed by atoms with Gasteiger partial charge in [-0.05, 0) is 41.8 Å². The van der Waals surface area contributed by atoms with Gasteiger partial charge in [-0.1, -0.05) is 0 Å². The Bertz CT molecular complexity index is 632. The Morgan fingerprint density at radius 2 is 1.57 bits per heavy atom. The van der Waals surface area contributed by atoms with Gasteiger partial charge in [-0.2, -0.15) is 0 Å². The van der Waals surface area contributed by atoms with Crippen molar-refractivity contribution in [2.45, 2.75) is 19.4 Å². The van der Waals surface area contributed by atoms with Crippen LogP contribution >= 0.6 is 0 Å². The fraction of sp³-hybridized carbons (Fsp3) is 0.294. The maximum absolute atomic E-state index is 12.0. The summed E-state index contributed by atoms with van der Waals surface area (Å²) in [5.41, 5.74) is 2.06. The first-order valence-corrected chi connectivity index (χ1v) is 7.43. The van der Waals surface area contributed by atoms with Crippen LogP contribution in [0.3, 0.4) is 0 Å². The third-order valence-corrected chi connectivity index (χ3v) is 3.46. The second kappa shape index (κ2) is 8.63. The van der Waals surface area contributed by atoms with E-state index >= 15 is 0 Å². The van der Waals surface area contributed by atoms with E-state index in [1.165, 1.54) is 0 Å². The van der Waals surface area contributed by atoms with Crippen molar-refractivity contribution in [1.29, 1.82) is 0 Å². The predicted octanol–water partition coefficient (Wildman–Crippen LogP) is 1.18. The molecule has 0 saturated heterocycles. The lowest BCUT2D eigenvalue weighted by atomic mass is 10.2. The number of hydrogen-bond acceptors (Lipinski definition) is 4. The molecule has 1 N–H and O–H groups in total. The average molecular weight is 312 g/mol. The van der Waals surface area contributed by atoms with Gasteiger partial charge in [0.05, 0.1) is 0 Å². The summed E-state index contributed by atoms with van der Waals surface area (Å²) in [7, 11) is 1.71. The molecule has 0 bridgehead atoms. The van der Waals surface area contributed by atoms with Crippen molar-refractivity contribution < 1.29 is 9.59 Å². The van der Waals surface area contributed by atoms with Crippen LogP contribution in [0.2, 0.25) is 0 Å². The Labute approximate surface area is 135 Å². The van der Waals surface area contributed by atoms with Crippen molar-refractivity contribution in [3.8, 4) is 0 Å². The van der Waals surface area contributed by atoms with Crippen LogP contribution in [0.1, 0.15) is 17.5 Å². The van der Waals surface area contributed by atoms with Crippen LogP contribution in [0.25, 0.3) is 0 Å². The minimum atomic E-state index is -0.275. The van der Waals surface area contributed by atoms with Crippen LogP contribution in [0.4, 0.5) is 0 Å². The molecule has 6 nitrogen and oxygen atoms in total. The smallest absolute Gasteiger partial charge is 0.231 e. The molecule has 0 radical (unpaired) electrons. The van der Waals surface area contributed by atoms with Crippen LogP contribution in [0.15, 0.2) is 49.1 Å². The van der Waals surface area contributed by atoms with E-state index in [0.717, 1.165) is 17.5 Å². The Kier molecular flexibility index (Phi) is 6.23. The summed E-state index contributed by atoms with van der Waals surface area (Å²) in [6, 6.07) is 7.48. The van der Waals surface area contributed by atoms with Gasteiger partial charge >= 0.3 is 0 Å². The third-order valence-electron chi connectivity index (χ3n) is 3.46. The van der Waals surface area contributed by atoms with Crippen LogP contribution in [0, 0.1) is 0 Å². The number of carbonyl (C=O) groups excluding carboxylic acids is 2. The molecule has 120 valence electrons. The Morgan fingerprint density at radius 3 is 2.17 bits per heavy atom. The molecule has 0 saturated carbocycles. The number of hydrogen-bond donors (Lipinski definition) is 1. The van der Waals surface area contributed by atoms with Crippen molar-refractivity contribution >= 4 is 11.8 Å². The molecule has 2 rings (SSSR count). The number of pyridine rings is 2. The number of amides is 2. The van der Waals surface area contributed by atoms with E-state index in [9.17, 15) is 9.59 Å². The zero-order valence-electron chi connectivity index (χ0n) is 13.1. The number of carbonyl (C=O) groups is 2. The molecule has 2 heterocycles.